The van der Waals surface area contributed by atoms with E-state index in [0.717, 1.165) is 24.0 Å². The van der Waals surface area contributed by atoms with E-state index in [1.807, 2.05) is 24.3 Å². The van der Waals surface area contributed by atoms with Gasteiger partial charge < -0.3 is 15.3 Å². The Bertz CT molecular complexity index is 615. The molecule has 1 aromatic carbocycles. The molecule has 2 amide bonds. The molecule has 1 atom stereocenters. The van der Waals surface area contributed by atoms with Gasteiger partial charge in [0.2, 0.25) is 11.8 Å². The van der Waals surface area contributed by atoms with E-state index in [0.29, 0.717) is 32.4 Å². The lowest BCUT2D eigenvalue weighted by Crippen LogP contribution is -2.48. The number of carbonyl (C=O) groups excluding carboxylic acids is 2. The van der Waals surface area contributed by atoms with Gasteiger partial charge in [0.1, 0.15) is 6.04 Å². The van der Waals surface area contributed by atoms with Crippen LogP contribution in [0.4, 0.5) is 0 Å². The molecule has 24 heavy (non-hydrogen) atoms. The van der Waals surface area contributed by atoms with Crippen LogP contribution in [0.25, 0.3) is 0 Å². The Morgan fingerprint density at radius 2 is 1.88 bits per heavy atom. The molecule has 6 nitrogen and oxygen atoms in total. The highest BCUT2D eigenvalue weighted by molar-refractivity contribution is 5.84. The quantitative estimate of drug-likeness (QED) is 0.744. The molecule has 1 aliphatic rings. The number of carboxylic acid groups (broad SMARTS) is 1. The van der Waals surface area contributed by atoms with E-state index >= 15 is 0 Å². The Morgan fingerprint density at radius 1 is 1.17 bits per heavy atom. The molecule has 6 heteroatoms. The van der Waals surface area contributed by atoms with Crippen molar-refractivity contribution in [1.29, 1.82) is 0 Å². The molecule has 1 aromatic rings. The second-order valence-corrected chi connectivity index (χ2v) is 6.14. The number of carboxylic acids is 1. The monoisotopic (exact) mass is 332 g/mol. The first-order valence-electron chi connectivity index (χ1n) is 8.32. The van der Waals surface area contributed by atoms with Gasteiger partial charge in [-0.3, -0.25) is 9.59 Å². The molecule has 0 aliphatic carbocycles. The fourth-order valence-corrected chi connectivity index (χ4v) is 2.99. The van der Waals surface area contributed by atoms with Crippen molar-refractivity contribution >= 4 is 17.8 Å². The van der Waals surface area contributed by atoms with Gasteiger partial charge in [-0.2, -0.15) is 0 Å². The number of aliphatic carboxylic acids is 1. The fourth-order valence-electron chi connectivity index (χ4n) is 2.99. The molecule has 0 bridgehead atoms. The van der Waals surface area contributed by atoms with Crippen LogP contribution in [-0.4, -0.2) is 40.4 Å². The number of nitrogens with zero attached hydrogens (tertiary/aromatic N) is 1. The predicted molar refractivity (Wildman–Crippen MR) is 89.3 cm³/mol. The first kappa shape index (κ1) is 18.0. The van der Waals surface area contributed by atoms with Crippen LogP contribution in [0.2, 0.25) is 0 Å². The maximum atomic E-state index is 12.5. The number of amides is 2. The van der Waals surface area contributed by atoms with E-state index in [2.05, 4.69) is 5.32 Å². The summed E-state index contributed by atoms with van der Waals surface area (Å²) in [7, 11) is 0. The minimum absolute atomic E-state index is 0.0534. The van der Waals surface area contributed by atoms with Crippen LogP contribution in [0.1, 0.15) is 43.7 Å². The van der Waals surface area contributed by atoms with Crippen LogP contribution in [0.5, 0.6) is 0 Å². The topological polar surface area (TPSA) is 86.7 Å². The first-order chi connectivity index (χ1) is 11.5. The average Bonchev–Trinajstić information content (AvgIpc) is 2.56. The summed E-state index contributed by atoms with van der Waals surface area (Å²) in [6.07, 6.45) is 3.04. The normalized spacial score (nSPS) is 16.4. The molecular formula is C18H24N2O4. The van der Waals surface area contributed by atoms with Gasteiger partial charge in [-0.25, -0.2) is 4.79 Å². The minimum Gasteiger partial charge on any atom is -0.480 e. The van der Waals surface area contributed by atoms with Crippen LogP contribution in [0.15, 0.2) is 24.3 Å². The van der Waals surface area contributed by atoms with Crippen LogP contribution in [0.3, 0.4) is 0 Å². The van der Waals surface area contributed by atoms with Gasteiger partial charge in [-0.1, -0.05) is 30.7 Å². The number of nitrogens with one attached hydrogen (secondary N) is 1. The van der Waals surface area contributed by atoms with Gasteiger partial charge in [0, 0.05) is 32.9 Å². The van der Waals surface area contributed by atoms with Crippen molar-refractivity contribution in [3.05, 3.63) is 35.4 Å². The lowest BCUT2D eigenvalue weighted by molar-refractivity contribution is -0.151. The Hall–Kier alpha value is -2.37. The second kappa shape index (κ2) is 8.47. The molecule has 130 valence electrons. The molecule has 1 heterocycles. The van der Waals surface area contributed by atoms with Gasteiger partial charge in [0.05, 0.1) is 0 Å². The summed E-state index contributed by atoms with van der Waals surface area (Å²) in [5.41, 5.74) is 2.03. The Labute approximate surface area is 141 Å². The lowest BCUT2D eigenvalue weighted by atomic mass is 9.93. The van der Waals surface area contributed by atoms with E-state index in [1.54, 1.807) is 0 Å². The summed E-state index contributed by atoms with van der Waals surface area (Å²) in [6.45, 7) is 2.44. The molecule has 0 spiro atoms. The summed E-state index contributed by atoms with van der Waals surface area (Å²) >= 11 is 0. The Kier molecular flexibility index (Phi) is 6.35. The van der Waals surface area contributed by atoms with Gasteiger partial charge in [0.15, 0.2) is 0 Å². The highest BCUT2D eigenvalue weighted by Gasteiger charge is 2.33. The second-order valence-electron chi connectivity index (χ2n) is 6.14. The minimum atomic E-state index is -0.955. The third-order valence-electron chi connectivity index (χ3n) is 4.30. The summed E-state index contributed by atoms with van der Waals surface area (Å²) < 4.78 is 0. The zero-order chi connectivity index (χ0) is 17.5. The number of hydrogen-bond donors (Lipinski definition) is 2. The summed E-state index contributed by atoms with van der Waals surface area (Å²) in [5, 5.41) is 12.2. The highest BCUT2D eigenvalue weighted by Crippen LogP contribution is 2.24. The van der Waals surface area contributed by atoms with Crippen molar-refractivity contribution in [2.75, 3.05) is 6.54 Å². The van der Waals surface area contributed by atoms with Crippen molar-refractivity contribution < 1.29 is 19.5 Å². The number of benzene rings is 1. The SMILES string of the molecule is CC(=O)NCCCCCC(=O)N1Cc2ccccc2CC1C(=O)O. The molecule has 0 fully saturated rings. The van der Waals surface area contributed by atoms with E-state index < -0.39 is 12.0 Å². The van der Waals surface area contributed by atoms with Crippen molar-refractivity contribution in [2.24, 2.45) is 0 Å². The molecule has 2 N–H and O–H groups in total. The number of fused-ring (bicyclic) bond motifs is 1. The molecular weight excluding hydrogens is 308 g/mol. The van der Waals surface area contributed by atoms with Crippen LogP contribution < -0.4 is 5.32 Å². The van der Waals surface area contributed by atoms with E-state index in [-0.39, 0.29) is 11.8 Å². The largest absolute Gasteiger partial charge is 0.480 e. The third-order valence-corrected chi connectivity index (χ3v) is 4.30. The molecule has 1 aliphatic heterocycles. The van der Waals surface area contributed by atoms with Gasteiger partial charge in [-0.15, -0.1) is 0 Å². The van der Waals surface area contributed by atoms with Gasteiger partial charge >= 0.3 is 5.97 Å². The highest BCUT2D eigenvalue weighted by atomic mass is 16.4. The van der Waals surface area contributed by atoms with Crippen molar-refractivity contribution in [3.8, 4) is 0 Å². The third kappa shape index (κ3) is 4.81. The number of rotatable bonds is 7. The zero-order valence-electron chi connectivity index (χ0n) is 14.0. The van der Waals surface area contributed by atoms with Gasteiger partial charge in [-0.05, 0) is 24.0 Å². The van der Waals surface area contributed by atoms with Gasteiger partial charge in [0.25, 0.3) is 0 Å². The maximum absolute atomic E-state index is 12.5. The van der Waals surface area contributed by atoms with Crippen LogP contribution in [-0.2, 0) is 27.3 Å². The van der Waals surface area contributed by atoms with E-state index in [4.69, 9.17) is 0 Å². The first-order valence-corrected chi connectivity index (χ1v) is 8.32. The summed E-state index contributed by atoms with van der Waals surface area (Å²) in [5.74, 6) is -1.12. The molecule has 1 unspecified atom stereocenters. The van der Waals surface area contributed by atoms with Crippen molar-refractivity contribution in [1.82, 2.24) is 10.2 Å². The van der Waals surface area contributed by atoms with Crippen LogP contribution in [0, 0.1) is 0 Å². The molecule has 0 radical (unpaired) electrons. The zero-order valence-corrected chi connectivity index (χ0v) is 14.0. The average molecular weight is 332 g/mol. The number of hydrogen-bond acceptors (Lipinski definition) is 3. The maximum Gasteiger partial charge on any atom is 0.326 e. The molecule has 0 saturated carbocycles. The summed E-state index contributed by atoms with van der Waals surface area (Å²) in [6, 6.07) is 6.89. The Morgan fingerprint density at radius 3 is 2.54 bits per heavy atom. The number of unbranched alkanes of at least 4 members (excludes halogenated alkanes) is 2. The Balaban J connectivity index is 1.87. The lowest BCUT2D eigenvalue weighted by Gasteiger charge is -2.34. The predicted octanol–water partition coefficient (Wildman–Crippen LogP) is 1.72. The standard InChI is InChI=1S/C18H24N2O4/c1-13(21)19-10-6-2-3-9-17(22)20-12-15-8-5-4-7-14(15)11-16(20)18(23)24/h4-5,7-8,16H,2-3,6,9-12H2,1H3,(H,19,21)(H,23,24). The van der Waals surface area contributed by atoms with E-state index in [9.17, 15) is 19.5 Å². The van der Waals surface area contributed by atoms with Crippen LogP contribution >= 0.6 is 0 Å². The van der Waals surface area contributed by atoms with Crippen molar-refractivity contribution in [2.45, 2.75) is 51.6 Å². The fraction of sp³-hybridized carbons (Fsp3) is 0.500. The smallest absolute Gasteiger partial charge is 0.326 e. The summed E-state index contributed by atoms with van der Waals surface area (Å²) in [4.78, 5) is 36.2. The molecule has 0 aromatic heterocycles. The molecule has 2 rings (SSSR count). The van der Waals surface area contributed by atoms with Crippen molar-refractivity contribution in [3.63, 3.8) is 0 Å². The van der Waals surface area contributed by atoms with E-state index in [1.165, 1.54) is 11.8 Å². The molecule has 0 saturated heterocycles. The number of carbonyl (C=O) groups is 3.